The fraction of sp³-hybridized carbons (Fsp3) is 0.417. The summed E-state index contributed by atoms with van der Waals surface area (Å²) in [6, 6.07) is 4.18. The number of sulfone groups is 1. The van der Waals surface area contributed by atoms with Gasteiger partial charge in [0.25, 0.3) is 0 Å². The second-order valence-electron chi connectivity index (χ2n) is 4.47. The van der Waals surface area contributed by atoms with Gasteiger partial charge in [0.05, 0.1) is 17.6 Å². The molecule has 0 fully saturated rings. The smallest absolute Gasteiger partial charge is 0.337 e. The Labute approximate surface area is 110 Å². The SMILES string of the molecule is COC(=O)c1ccc2c(c1)S(=O)(=O)C(F)CN(C)C2. The molecule has 1 atom stereocenters. The van der Waals surface area contributed by atoms with Crippen molar-refractivity contribution in [2.45, 2.75) is 16.9 Å². The van der Waals surface area contributed by atoms with Gasteiger partial charge >= 0.3 is 5.97 Å². The van der Waals surface area contributed by atoms with E-state index >= 15 is 0 Å². The molecule has 104 valence electrons. The van der Waals surface area contributed by atoms with Crippen LogP contribution in [0.5, 0.6) is 0 Å². The van der Waals surface area contributed by atoms with Crippen LogP contribution < -0.4 is 0 Å². The Kier molecular flexibility index (Phi) is 3.60. The normalized spacial score (nSPS) is 22.4. The molecule has 0 spiro atoms. The average Bonchev–Trinajstić information content (AvgIpc) is 2.44. The second kappa shape index (κ2) is 4.90. The topological polar surface area (TPSA) is 63.7 Å². The number of halogens is 1. The summed E-state index contributed by atoms with van der Waals surface area (Å²) < 4.78 is 42.5. The number of hydrogen-bond donors (Lipinski definition) is 0. The minimum Gasteiger partial charge on any atom is -0.465 e. The summed E-state index contributed by atoms with van der Waals surface area (Å²) in [4.78, 5) is 12.9. The number of rotatable bonds is 1. The van der Waals surface area contributed by atoms with Crippen LogP contribution in [0.4, 0.5) is 4.39 Å². The van der Waals surface area contributed by atoms with Crippen molar-refractivity contribution in [2.24, 2.45) is 0 Å². The van der Waals surface area contributed by atoms with Gasteiger partial charge in [0.1, 0.15) is 0 Å². The summed E-state index contributed by atoms with van der Waals surface area (Å²) in [5.41, 5.74) is -1.41. The lowest BCUT2D eigenvalue weighted by atomic mass is 10.1. The van der Waals surface area contributed by atoms with E-state index in [-0.39, 0.29) is 17.0 Å². The molecule has 1 aromatic carbocycles. The van der Waals surface area contributed by atoms with E-state index < -0.39 is 21.3 Å². The van der Waals surface area contributed by atoms with Gasteiger partial charge in [-0.25, -0.2) is 17.6 Å². The van der Waals surface area contributed by atoms with Crippen LogP contribution in [0.25, 0.3) is 0 Å². The Balaban J connectivity index is 2.61. The third-order valence-electron chi connectivity index (χ3n) is 3.03. The Morgan fingerprint density at radius 1 is 1.47 bits per heavy atom. The Bertz CT molecular complexity index is 614. The van der Waals surface area contributed by atoms with E-state index in [9.17, 15) is 17.6 Å². The van der Waals surface area contributed by atoms with Crippen LogP contribution in [0.15, 0.2) is 23.1 Å². The summed E-state index contributed by atoms with van der Waals surface area (Å²) in [7, 11) is -1.22. The van der Waals surface area contributed by atoms with E-state index in [1.807, 2.05) is 0 Å². The first kappa shape index (κ1) is 14.0. The zero-order chi connectivity index (χ0) is 14.2. The number of fused-ring (bicyclic) bond motifs is 1. The number of nitrogens with zero attached hydrogens (tertiary/aromatic N) is 1. The minimum absolute atomic E-state index is 0.0987. The molecule has 2 rings (SSSR count). The van der Waals surface area contributed by atoms with Crippen molar-refractivity contribution in [3.63, 3.8) is 0 Å². The first-order chi connectivity index (χ1) is 8.86. The molecular formula is C12H14FNO4S. The molecule has 5 nitrogen and oxygen atoms in total. The summed E-state index contributed by atoms with van der Waals surface area (Å²) in [6.45, 7) is 0.126. The summed E-state index contributed by atoms with van der Waals surface area (Å²) >= 11 is 0. The number of alkyl halides is 1. The average molecular weight is 287 g/mol. The molecule has 1 unspecified atom stereocenters. The fourth-order valence-electron chi connectivity index (χ4n) is 2.03. The predicted octanol–water partition coefficient (Wildman–Crippen LogP) is 0.988. The highest BCUT2D eigenvalue weighted by molar-refractivity contribution is 7.92. The molecular weight excluding hydrogens is 273 g/mol. The number of esters is 1. The van der Waals surface area contributed by atoms with Gasteiger partial charge in [-0.15, -0.1) is 0 Å². The van der Waals surface area contributed by atoms with Crippen LogP contribution in [0.2, 0.25) is 0 Å². The van der Waals surface area contributed by atoms with Gasteiger partial charge < -0.3 is 4.74 Å². The van der Waals surface area contributed by atoms with E-state index in [4.69, 9.17) is 0 Å². The van der Waals surface area contributed by atoms with Gasteiger partial charge in [0.2, 0.25) is 15.3 Å². The van der Waals surface area contributed by atoms with Crippen molar-refractivity contribution < 1.29 is 22.3 Å². The molecule has 0 aromatic heterocycles. The largest absolute Gasteiger partial charge is 0.465 e. The molecule has 1 aliphatic heterocycles. The van der Waals surface area contributed by atoms with Crippen LogP contribution in [0.3, 0.4) is 0 Å². The van der Waals surface area contributed by atoms with Crippen molar-refractivity contribution in [1.82, 2.24) is 4.90 Å². The third kappa shape index (κ3) is 2.48. The quantitative estimate of drug-likeness (QED) is 0.721. The molecule has 0 saturated carbocycles. The van der Waals surface area contributed by atoms with Gasteiger partial charge in [0, 0.05) is 13.1 Å². The van der Waals surface area contributed by atoms with E-state index in [1.54, 1.807) is 11.9 Å². The van der Waals surface area contributed by atoms with Gasteiger partial charge in [0.15, 0.2) is 0 Å². The maximum atomic E-state index is 13.8. The van der Waals surface area contributed by atoms with Crippen LogP contribution in [0.1, 0.15) is 15.9 Å². The van der Waals surface area contributed by atoms with Crippen molar-refractivity contribution in [3.8, 4) is 0 Å². The number of carbonyl (C=O) groups excluding carboxylic acids is 1. The number of carbonyl (C=O) groups is 1. The molecule has 19 heavy (non-hydrogen) atoms. The maximum Gasteiger partial charge on any atom is 0.337 e. The Morgan fingerprint density at radius 3 is 2.79 bits per heavy atom. The molecule has 1 aliphatic rings. The Hall–Kier alpha value is -1.47. The van der Waals surface area contributed by atoms with Crippen LogP contribution in [-0.2, 0) is 21.1 Å². The number of benzene rings is 1. The highest BCUT2D eigenvalue weighted by Crippen LogP contribution is 2.27. The number of ether oxygens (including phenoxy) is 1. The fourth-order valence-corrected chi connectivity index (χ4v) is 3.55. The van der Waals surface area contributed by atoms with Crippen molar-refractivity contribution in [2.75, 3.05) is 20.7 Å². The molecule has 0 N–H and O–H groups in total. The van der Waals surface area contributed by atoms with Crippen LogP contribution in [-0.4, -0.2) is 45.5 Å². The zero-order valence-electron chi connectivity index (χ0n) is 10.6. The van der Waals surface area contributed by atoms with E-state index in [0.29, 0.717) is 12.1 Å². The third-order valence-corrected chi connectivity index (χ3v) is 4.84. The van der Waals surface area contributed by atoms with Gasteiger partial charge in [-0.3, -0.25) is 4.90 Å². The lowest BCUT2D eigenvalue weighted by Gasteiger charge is -2.13. The molecule has 7 heteroatoms. The molecule has 0 bridgehead atoms. The van der Waals surface area contributed by atoms with Gasteiger partial charge in [-0.1, -0.05) is 6.07 Å². The maximum absolute atomic E-state index is 13.8. The van der Waals surface area contributed by atoms with E-state index in [0.717, 1.165) is 0 Å². The molecule has 0 aliphatic carbocycles. The Morgan fingerprint density at radius 2 is 2.16 bits per heavy atom. The number of hydrogen-bond acceptors (Lipinski definition) is 5. The van der Waals surface area contributed by atoms with E-state index in [2.05, 4.69) is 4.74 Å². The van der Waals surface area contributed by atoms with E-state index in [1.165, 1.54) is 25.3 Å². The van der Waals surface area contributed by atoms with Gasteiger partial charge in [-0.05, 0) is 24.7 Å². The molecule has 0 radical (unpaired) electrons. The summed E-state index contributed by atoms with van der Waals surface area (Å²) in [6.07, 6.45) is 0. The van der Waals surface area contributed by atoms with Crippen molar-refractivity contribution in [1.29, 1.82) is 0 Å². The monoisotopic (exact) mass is 287 g/mol. The van der Waals surface area contributed by atoms with Crippen molar-refractivity contribution >= 4 is 15.8 Å². The predicted molar refractivity (Wildman–Crippen MR) is 66.2 cm³/mol. The second-order valence-corrected chi connectivity index (χ2v) is 6.51. The first-order valence-corrected chi connectivity index (χ1v) is 7.18. The number of methoxy groups -OCH3 is 1. The summed E-state index contributed by atoms with van der Waals surface area (Å²) in [5.74, 6) is -0.647. The lowest BCUT2D eigenvalue weighted by molar-refractivity contribution is 0.0600. The standard InChI is InChI=1S/C12H14FNO4S/c1-14-6-9-4-3-8(12(15)18-2)5-10(9)19(16,17)11(13)7-14/h3-5,11H,6-7H2,1-2H3. The van der Waals surface area contributed by atoms with Crippen molar-refractivity contribution in [3.05, 3.63) is 29.3 Å². The van der Waals surface area contributed by atoms with Crippen LogP contribution in [0, 0.1) is 0 Å². The minimum atomic E-state index is -4.07. The lowest BCUT2D eigenvalue weighted by Crippen LogP contribution is -2.27. The molecule has 0 saturated heterocycles. The summed E-state index contributed by atoms with van der Waals surface area (Å²) in [5, 5.41) is 0. The molecule has 1 aromatic rings. The van der Waals surface area contributed by atoms with Gasteiger partial charge in [-0.2, -0.15) is 0 Å². The highest BCUT2D eigenvalue weighted by atomic mass is 32.2. The first-order valence-electron chi connectivity index (χ1n) is 5.64. The molecule has 1 heterocycles. The van der Waals surface area contributed by atoms with Crippen LogP contribution >= 0.6 is 0 Å². The molecule has 0 amide bonds. The zero-order valence-corrected chi connectivity index (χ0v) is 11.4. The highest BCUT2D eigenvalue weighted by Gasteiger charge is 2.34.